The lowest BCUT2D eigenvalue weighted by molar-refractivity contribution is -0.137. The maximum absolute atomic E-state index is 12.2. The van der Waals surface area contributed by atoms with Crippen LogP contribution in [0.5, 0.6) is 0 Å². The summed E-state index contributed by atoms with van der Waals surface area (Å²) in [7, 11) is 1.62. The number of hydrogen-bond donors (Lipinski definition) is 1. The summed E-state index contributed by atoms with van der Waals surface area (Å²) in [6.07, 6.45) is 4.64. The summed E-state index contributed by atoms with van der Waals surface area (Å²) in [5.41, 5.74) is 0.567. The molecule has 2 rings (SSSR count). The molecule has 0 saturated heterocycles. The third-order valence-corrected chi connectivity index (χ3v) is 3.20. The van der Waals surface area contributed by atoms with Crippen molar-refractivity contribution in [2.24, 2.45) is 0 Å². The Hall–Kier alpha value is -1.85. The molecular formula is C12H17N3O3. The molecule has 0 saturated carbocycles. The van der Waals surface area contributed by atoms with Crippen molar-refractivity contribution >= 4 is 11.9 Å². The molecule has 0 bridgehead atoms. The second kappa shape index (κ2) is 5.20. The number of hydrogen-bond acceptors (Lipinski definition) is 3. The number of aliphatic carboxylic acids is 1. The van der Waals surface area contributed by atoms with Crippen LogP contribution in [0, 0.1) is 0 Å². The van der Waals surface area contributed by atoms with Crippen LogP contribution in [0.2, 0.25) is 0 Å². The highest BCUT2D eigenvalue weighted by Crippen LogP contribution is 2.17. The van der Waals surface area contributed by atoms with E-state index in [1.165, 1.54) is 4.90 Å². The average molecular weight is 251 g/mol. The predicted molar refractivity (Wildman–Crippen MR) is 64.4 cm³/mol. The minimum absolute atomic E-state index is 0.0385. The number of carbonyl (C=O) groups excluding carboxylic acids is 1. The van der Waals surface area contributed by atoms with Crippen LogP contribution in [0.3, 0.4) is 0 Å². The van der Waals surface area contributed by atoms with Gasteiger partial charge in [-0.05, 0) is 12.8 Å². The van der Waals surface area contributed by atoms with Crippen molar-refractivity contribution in [3.05, 3.63) is 17.7 Å². The molecule has 0 unspecified atom stereocenters. The lowest BCUT2D eigenvalue weighted by Crippen LogP contribution is -2.31. The monoisotopic (exact) mass is 251 g/mol. The summed E-state index contributed by atoms with van der Waals surface area (Å²) in [4.78, 5) is 28.3. The van der Waals surface area contributed by atoms with Crippen molar-refractivity contribution in [3.8, 4) is 0 Å². The van der Waals surface area contributed by atoms with Crippen molar-refractivity contribution in [2.45, 2.75) is 32.2 Å². The smallest absolute Gasteiger partial charge is 0.305 e. The first-order valence-corrected chi connectivity index (χ1v) is 6.11. The zero-order chi connectivity index (χ0) is 13.1. The molecule has 6 heteroatoms. The fraction of sp³-hybridized carbons (Fsp3) is 0.583. The molecule has 0 fully saturated rings. The van der Waals surface area contributed by atoms with Crippen LogP contribution in [0.25, 0.3) is 0 Å². The molecule has 0 atom stereocenters. The van der Waals surface area contributed by atoms with E-state index < -0.39 is 5.97 Å². The molecule has 0 aromatic carbocycles. The van der Waals surface area contributed by atoms with Crippen LogP contribution in [0.4, 0.5) is 0 Å². The Morgan fingerprint density at radius 2 is 2.28 bits per heavy atom. The van der Waals surface area contributed by atoms with Gasteiger partial charge in [0.1, 0.15) is 11.5 Å². The maximum Gasteiger partial charge on any atom is 0.305 e. The van der Waals surface area contributed by atoms with Crippen molar-refractivity contribution in [3.63, 3.8) is 0 Å². The molecule has 0 spiro atoms. The summed E-state index contributed by atoms with van der Waals surface area (Å²) in [6, 6.07) is 0. The van der Waals surface area contributed by atoms with Gasteiger partial charge in [-0.2, -0.15) is 0 Å². The van der Waals surface area contributed by atoms with E-state index in [4.69, 9.17) is 5.11 Å². The van der Waals surface area contributed by atoms with E-state index in [0.29, 0.717) is 5.69 Å². The Morgan fingerprint density at radius 3 is 3.00 bits per heavy atom. The highest BCUT2D eigenvalue weighted by atomic mass is 16.4. The topological polar surface area (TPSA) is 75.4 Å². The van der Waals surface area contributed by atoms with Crippen molar-refractivity contribution in [1.82, 2.24) is 14.5 Å². The highest BCUT2D eigenvalue weighted by molar-refractivity contribution is 5.92. The fourth-order valence-corrected chi connectivity index (χ4v) is 2.15. The summed E-state index contributed by atoms with van der Waals surface area (Å²) in [5, 5.41) is 8.61. The molecule has 98 valence electrons. The molecule has 0 radical (unpaired) electrons. The number of carboxylic acids is 1. The van der Waals surface area contributed by atoms with E-state index in [1.807, 2.05) is 4.57 Å². The largest absolute Gasteiger partial charge is 0.481 e. The minimum Gasteiger partial charge on any atom is -0.481 e. The van der Waals surface area contributed by atoms with Gasteiger partial charge >= 0.3 is 5.97 Å². The lowest BCUT2D eigenvalue weighted by Gasteiger charge is -2.19. The number of carbonyl (C=O) groups is 2. The zero-order valence-corrected chi connectivity index (χ0v) is 10.4. The number of aryl methyl sites for hydroxylation is 1. The number of carboxylic acid groups (broad SMARTS) is 1. The average Bonchev–Trinajstić information content (AvgIpc) is 2.78. The van der Waals surface area contributed by atoms with Gasteiger partial charge in [0.15, 0.2) is 0 Å². The molecule has 1 aliphatic rings. The molecule has 1 aromatic heterocycles. The van der Waals surface area contributed by atoms with Gasteiger partial charge in [-0.3, -0.25) is 9.59 Å². The molecule has 1 amide bonds. The minimum atomic E-state index is -0.898. The number of imidazole rings is 1. The number of aromatic nitrogens is 2. The molecule has 1 aromatic rings. The van der Waals surface area contributed by atoms with E-state index in [2.05, 4.69) is 4.98 Å². The van der Waals surface area contributed by atoms with Crippen LogP contribution in [0.1, 0.15) is 35.6 Å². The van der Waals surface area contributed by atoms with Gasteiger partial charge in [0.25, 0.3) is 5.91 Å². The Morgan fingerprint density at radius 1 is 1.50 bits per heavy atom. The SMILES string of the molecule is CN(CCC(=O)O)C(=O)c1cnc2n1CCCC2. The van der Waals surface area contributed by atoms with Crippen molar-refractivity contribution in [2.75, 3.05) is 13.6 Å². The Labute approximate surface area is 105 Å². The van der Waals surface area contributed by atoms with Gasteiger partial charge < -0.3 is 14.6 Å². The molecule has 6 nitrogen and oxygen atoms in total. The van der Waals surface area contributed by atoms with Gasteiger partial charge in [0.2, 0.25) is 0 Å². The number of amides is 1. The van der Waals surface area contributed by atoms with Crippen molar-refractivity contribution < 1.29 is 14.7 Å². The first-order valence-electron chi connectivity index (χ1n) is 6.11. The molecule has 1 N–H and O–H groups in total. The first kappa shape index (κ1) is 12.6. The quantitative estimate of drug-likeness (QED) is 0.857. The maximum atomic E-state index is 12.2. The van der Waals surface area contributed by atoms with Crippen LogP contribution in [-0.2, 0) is 17.8 Å². The number of nitrogens with zero attached hydrogens (tertiary/aromatic N) is 3. The van der Waals surface area contributed by atoms with Gasteiger partial charge in [-0.25, -0.2) is 4.98 Å². The predicted octanol–water partition coefficient (Wildman–Crippen LogP) is 0.766. The summed E-state index contributed by atoms with van der Waals surface area (Å²) < 4.78 is 1.95. The van der Waals surface area contributed by atoms with E-state index >= 15 is 0 Å². The van der Waals surface area contributed by atoms with Crippen LogP contribution in [-0.4, -0.2) is 45.0 Å². The van der Waals surface area contributed by atoms with E-state index in [9.17, 15) is 9.59 Å². The highest BCUT2D eigenvalue weighted by Gasteiger charge is 2.21. The normalized spacial score (nSPS) is 14.1. The molecule has 2 heterocycles. The van der Waals surface area contributed by atoms with Gasteiger partial charge in [0, 0.05) is 26.6 Å². The molecular weight excluding hydrogens is 234 g/mol. The van der Waals surface area contributed by atoms with E-state index in [-0.39, 0.29) is 18.9 Å². The lowest BCUT2D eigenvalue weighted by atomic mass is 10.1. The first-order chi connectivity index (χ1) is 8.59. The Balaban J connectivity index is 2.08. The zero-order valence-electron chi connectivity index (χ0n) is 10.4. The fourth-order valence-electron chi connectivity index (χ4n) is 2.15. The third kappa shape index (κ3) is 2.52. The molecule has 0 aliphatic carbocycles. The van der Waals surface area contributed by atoms with Crippen LogP contribution >= 0.6 is 0 Å². The standard InChI is InChI=1S/C12H17N3O3/c1-14(7-5-11(16)17)12(18)9-8-13-10-4-2-3-6-15(9)10/h8H,2-7H2,1H3,(H,16,17). The summed E-state index contributed by atoms with van der Waals surface area (Å²) in [6.45, 7) is 1.04. The Bertz CT molecular complexity index is 467. The summed E-state index contributed by atoms with van der Waals surface area (Å²) >= 11 is 0. The number of rotatable bonds is 4. The van der Waals surface area contributed by atoms with Gasteiger partial charge in [0.05, 0.1) is 12.6 Å². The second-order valence-corrected chi connectivity index (χ2v) is 4.54. The Kier molecular flexibility index (Phi) is 3.64. The molecule has 18 heavy (non-hydrogen) atoms. The van der Waals surface area contributed by atoms with Gasteiger partial charge in [-0.1, -0.05) is 0 Å². The van der Waals surface area contributed by atoms with Gasteiger partial charge in [-0.15, -0.1) is 0 Å². The van der Waals surface area contributed by atoms with Crippen LogP contribution in [0.15, 0.2) is 6.20 Å². The number of fused-ring (bicyclic) bond motifs is 1. The van der Waals surface area contributed by atoms with E-state index in [0.717, 1.165) is 31.6 Å². The summed E-state index contributed by atoms with van der Waals surface area (Å²) in [5.74, 6) is -0.0990. The van der Waals surface area contributed by atoms with Crippen LogP contribution < -0.4 is 0 Å². The third-order valence-electron chi connectivity index (χ3n) is 3.20. The van der Waals surface area contributed by atoms with Crippen molar-refractivity contribution in [1.29, 1.82) is 0 Å². The second-order valence-electron chi connectivity index (χ2n) is 4.54. The van der Waals surface area contributed by atoms with E-state index in [1.54, 1.807) is 13.2 Å². The molecule has 1 aliphatic heterocycles.